The number of unbranched alkanes of at least 4 members (excludes halogenated alkanes) is 1. The van der Waals surface area contributed by atoms with Gasteiger partial charge in [-0.05, 0) is 24.5 Å². The summed E-state index contributed by atoms with van der Waals surface area (Å²) < 4.78 is 0. The van der Waals surface area contributed by atoms with Gasteiger partial charge in [0, 0.05) is 17.0 Å². The smallest absolute Gasteiger partial charge is 0.249 e. The van der Waals surface area contributed by atoms with Gasteiger partial charge in [0.2, 0.25) is 16.9 Å². The Balaban J connectivity index is 2.07. The number of nitrogens with one attached hydrogen (secondary N) is 2. The van der Waals surface area contributed by atoms with Crippen molar-refractivity contribution in [3.63, 3.8) is 0 Å². The Kier molecular flexibility index (Phi) is 8.19. The zero-order chi connectivity index (χ0) is 19.8. The van der Waals surface area contributed by atoms with Crippen molar-refractivity contribution in [2.24, 2.45) is 5.92 Å². The summed E-state index contributed by atoms with van der Waals surface area (Å²) in [5, 5.41) is 15.5. The van der Waals surface area contributed by atoms with E-state index >= 15 is 0 Å². The van der Waals surface area contributed by atoms with Crippen LogP contribution in [0.4, 0.5) is 5.13 Å². The predicted molar refractivity (Wildman–Crippen MR) is 110 cm³/mol. The highest BCUT2D eigenvalue weighted by Gasteiger charge is 2.26. The largest absolute Gasteiger partial charge is 0.344 e. The zero-order valence-corrected chi connectivity index (χ0v) is 17.4. The number of rotatable bonds is 9. The van der Waals surface area contributed by atoms with E-state index in [4.69, 9.17) is 11.6 Å². The van der Waals surface area contributed by atoms with Crippen LogP contribution >= 0.6 is 22.9 Å². The lowest BCUT2D eigenvalue weighted by molar-refractivity contribution is -0.127. The van der Waals surface area contributed by atoms with Crippen LogP contribution in [-0.2, 0) is 9.59 Å². The van der Waals surface area contributed by atoms with Crippen molar-refractivity contribution in [1.29, 1.82) is 0 Å². The molecule has 0 saturated heterocycles. The topological polar surface area (TPSA) is 84.0 Å². The molecule has 2 rings (SSSR count). The van der Waals surface area contributed by atoms with E-state index in [1.807, 2.05) is 32.9 Å². The van der Waals surface area contributed by atoms with Gasteiger partial charge in [0.15, 0.2) is 0 Å². The predicted octanol–water partition coefficient (Wildman–Crippen LogP) is 4.52. The fourth-order valence-electron chi connectivity index (χ4n) is 2.48. The molecule has 1 aromatic heterocycles. The minimum Gasteiger partial charge on any atom is -0.344 e. The van der Waals surface area contributed by atoms with E-state index in [9.17, 15) is 9.59 Å². The summed E-state index contributed by atoms with van der Waals surface area (Å²) in [7, 11) is 0. The van der Waals surface area contributed by atoms with Crippen LogP contribution in [0.3, 0.4) is 0 Å². The molecule has 2 amide bonds. The lowest BCUT2D eigenvalue weighted by atomic mass is 9.98. The van der Waals surface area contributed by atoms with Crippen LogP contribution in [0.15, 0.2) is 24.3 Å². The van der Waals surface area contributed by atoms with E-state index in [1.54, 1.807) is 12.1 Å². The molecular formula is C19H25ClN4O2S. The van der Waals surface area contributed by atoms with Crippen LogP contribution < -0.4 is 10.6 Å². The molecule has 1 heterocycles. The molecule has 0 aliphatic carbocycles. The zero-order valence-electron chi connectivity index (χ0n) is 15.8. The fraction of sp³-hybridized carbons (Fsp3) is 0.474. The number of hydrogen-bond acceptors (Lipinski definition) is 5. The lowest BCUT2D eigenvalue weighted by Crippen LogP contribution is -2.47. The molecule has 2 atom stereocenters. The lowest BCUT2D eigenvalue weighted by Gasteiger charge is -2.22. The van der Waals surface area contributed by atoms with Crippen LogP contribution in [0.2, 0.25) is 5.02 Å². The second-order valence-corrected chi connectivity index (χ2v) is 7.86. The van der Waals surface area contributed by atoms with Gasteiger partial charge in [-0.15, -0.1) is 10.2 Å². The number of anilines is 1. The molecule has 27 heavy (non-hydrogen) atoms. The van der Waals surface area contributed by atoms with Gasteiger partial charge in [0.1, 0.15) is 11.0 Å². The van der Waals surface area contributed by atoms with Crippen LogP contribution in [0, 0.1) is 5.92 Å². The van der Waals surface area contributed by atoms with E-state index < -0.39 is 6.04 Å². The molecular weight excluding hydrogens is 384 g/mol. The van der Waals surface area contributed by atoms with E-state index in [0.29, 0.717) is 21.6 Å². The van der Waals surface area contributed by atoms with E-state index in [2.05, 4.69) is 20.8 Å². The Bertz CT molecular complexity index is 781. The second-order valence-electron chi connectivity index (χ2n) is 6.45. The summed E-state index contributed by atoms with van der Waals surface area (Å²) in [4.78, 5) is 24.8. The maximum atomic E-state index is 12.7. The molecule has 146 valence electrons. The average molecular weight is 409 g/mol. The Hall–Kier alpha value is -1.99. The number of amides is 2. The Morgan fingerprint density at radius 1 is 1.26 bits per heavy atom. The summed E-state index contributed by atoms with van der Waals surface area (Å²) in [5.41, 5.74) is 0.840. The maximum absolute atomic E-state index is 12.7. The van der Waals surface area contributed by atoms with Crippen molar-refractivity contribution in [2.45, 2.75) is 52.5 Å². The Morgan fingerprint density at radius 2 is 2.04 bits per heavy atom. The normalized spacial score (nSPS) is 13.0. The van der Waals surface area contributed by atoms with Crippen LogP contribution in [-0.4, -0.2) is 28.1 Å². The van der Waals surface area contributed by atoms with Gasteiger partial charge >= 0.3 is 0 Å². The first-order valence-corrected chi connectivity index (χ1v) is 10.3. The molecule has 0 aliphatic rings. The van der Waals surface area contributed by atoms with Gasteiger partial charge in [-0.2, -0.15) is 0 Å². The van der Waals surface area contributed by atoms with Crippen molar-refractivity contribution < 1.29 is 9.59 Å². The summed E-state index contributed by atoms with van der Waals surface area (Å²) in [5.74, 6) is -0.368. The third kappa shape index (κ3) is 6.29. The molecule has 0 aliphatic heterocycles. The molecule has 0 bridgehead atoms. The average Bonchev–Trinajstić information content (AvgIpc) is 3.12. The highest BCUT2D eigenvalue weighted by Crippen LogP contribution is 2.28. The molecule has 0 saturated carbocycles. The molecule has 6 nitrogen and oxygen atoms in total. The highest BCUT2D eigenvalue weighted by molar-refractivity contribution is 7.18. The van der Waals surface area contributed by atoms with E-state index in [0.717, 1.165) is 24.8 Å². The van der Waals surface area contributed by atoms with E-state index in [1.165, 1.54) is 11.3 Å². The van der Waals surface area contributed by atoms with Crippen LogP contribution in [0.5, 0.6) is 0 Å². The Labute approximate surface area is 168 Å². The van der Waals surface area contributed by atoms with Gasteiger partial charge in [-0.1, -0.05) is 68.7 Å². The molecule has 1 aromatic carbocycles. The minimum absolute atomic E-state index is 0.0101. The van der Waals surface area contributed by atoms with Gasteiger partial charge in [-0.25, -0.2) is 0 Å². The third-order valence-electron chi connectivity index (χ3n) is 4.30. The fourth-order valence-corrected chi connectivity index (χ4v) is 3.41. The first-order chi connectivity index (χ1) is 12.9. The van der Waals surface area contributed by atoms with Gasteiger partial charge < -0.3 is 5.32 Å². The number of aromatic nitrogens is 2. The first-order valence-electron chi connectivity index (χ1n) is 9.14. The molecule has 2 N–H and O–H groups in total. The van der Waals surface area contributed by atoms with Crippen molar-refractivity contribution in [3.05, 3.63) is 29.3 Å². The van der Waals surface area contributed by atoms with E-state index in [-0.39, 0.29) is 17.7 Å². The minimum atomic E-state index is -0.599. The maximum Gasteiger partial charge on any atom is 0.249 e. The molecule has 0 radical (unpaired) electrons. The monoisotopic (exact) mass is 408 g/mol. The Morgan fingerprint density at radius 3 is 2.70 bits per heavy atom. The first kappa shape index (κ1) is 21.3. The number of hydrogen-bond donors (Lipinski definition) is 2. The van der Waals surface area contributed by atoms with Crippen molar-refractivity contribution in [1.82, 2.24) is 15.5 Å². The second kappa shape index (κ2) is 10.4. The SMILES string of the molecule is CCCCC(=O)N[C@@H](C(=O)Nc1nnc(-c2cccc(Cl)c2)s1)[C@@H](C)CC. The van der Waals surface area contributed by atoms with Crippen LogP contribution in [0.1, 0.15) is 46.5 Å². The molecule has 8 heteroatoms. The standard InChI is InChI=1S/C19H25ClN4O2S/c1-4-6-10-15(25)21-16(12(3)5-2)17(26)22-19-24-23-18(27-19)13-8-7-9-14(20)11-13/h7-9,11-12,16H,4-6,10H2,1-3H3,(H,21,25)(H,22,24,26)/t12-,16+/m0/s1. The molecule has 0 fully saturated rings. The molecule has 0 spiro atoms. The molecule has 0 unspecified atom stereocenters. The van der Waals surface area contributed by atoms with Gasteiger partial charge in [0.05, 0.1) is 0 Å². The summed E-state index contributed by atoms with van der Waals surface area (Å²) in [6.45, 7) is 5.96. The van der Waals surface area contributed by atoms with Crippen molar-refractivity contribution in [3.8, 4) is 10.6 Å². The highest BCUT2D eigenvalue weighted by atomic mass is 35.5. The number of nitrogens with zero attached hydrogens (tertiary/aromatic N) is 2. The van der Waals surface area contributed by atoms with Gasteiger partial charge in [0.25, 0.3) is 0 Å². The van der Waals surface area contributed by atoms with Crippen molar-refractivity contribution in [2.75, 3.05) is 5.32 Å². The summed E-state index contributed by atoms with van der Waals surface area (Å²) in [6.07, 6.45) is 2.94. The van der Waals surface area contributed by atoms with Gasteiger partial charge in [-0.3, -0.25) is 14.9 Å². The number of benzene rings is 1. The van der Waals surface area contributed by atoms with Crippen molar-refractivity contribution >= 4 is 39.9 Å². The third-order valence-corrected chi connectivity index (χ3v) is 5.42. The number of halogens is 1. The van der Waals surface area contributed by atoms with Crippen LogP contribution in [0.25, 0.3) is 10.6 Å². The molecule has 2 aromatic rings. The quantitative estimate of drug-likeness (QED) is 0.638. The number of carbonyl (C=O) groups excluding carboxylic acids is 2. The summed E-state index contributed by atoms with van der Waals surface area (Å²) in [6, 6.07) is 6.70. The summed E-state index contributed by atoms with van der Waals surface area (Å²) >= 11 is 7.28. The number of carbonyl (C=O) groups is 2.